The van der Waals surface area contributed by atoms with Crippen LogP contribution in [-0.4, -0.2) is 49.1 Å². The molecule has 1 heterocycles. The summed E-state index contributed by atoms with van der Waals surface area (Å²) >= 11 is 2.09. The average Bonchev–Trinajstić information content (AvgIpc) is 2.15. The van der Waals surface area contributed by atoms with E-state index >= 15 is 0 Å². The predicted octanol–water partition coefficient (Wildman–Crippen LogP) is 1.42. The summed E-state index contributed by atoms with van der Waals surface area (Å²) in [6.45, 7) is 3.39. The van der Waals surface area contributed by atoms with E-state index in [1.165, 1.54) is 24.3 Å². The number of nitrogens with zero attached hydrogens (tertiary/aromatic N) is 1. The van der Waals surface area contributed by atoms with Crippen LogP contribution in [0.4, 0.5) is 0 Å². The Labute approximate surface area is 86.5 Å². The lowest BCUT2D eigenvalue weighted by atomic mass is 10.2. The molecule has 2 atom stereocenters. The van der Waals surface area contributed by atoms with E-state index < -0.39 is 0 Å². The fourth-order valence-electron chi connectivity index (χ4n) is 1.42. The molecule has 78 valence electrons. The van der Waals surface area contributed by atoms with Crippen LogP contribution in [0.2, 0.25) is 0 Å². The topological polar surface area (TPSA) is 15.3 Å². The van der Waals surface area contributed by atoms with Gasteiger partial charge in [-0.3, -0.25) is 0 Å². The van der Waals surface area contributed by atoms with Crippen LogP contribution in [0.1, 0.15) is 19.8 Å². The molecule has 0 aliphatic carbocycles. The first kappa shape index (κ1) is 11.3. The van der Waals surface area contributed by atoms with Crippen molar-refractivity contribution in [3.05, 3.63) is 0 Å². The standard InChI is InChI=1S/C10H22N2S/c1-9(12(2)3)7-11-10-5-4-6-13-8-10/h9-11H,4-8H2,1-3H3. The van der Waals surface area contributed by atoms with Crippen LogP contribution in [0, 0.1) is 0 Å². The van der Waals surface area contributed by atoms with E-state index in [2.05, 4.69) is 43.0 Å². The van der Waals surface area contributed by atoms with E-state index in [0.29, 0.717) is 6.04 Å². The van der Waals surface area contributed by atoms with Crippen molar-refractivity contribution >= 4 is 11.8 Å². The van der Waals surface area contributed by atoms with E-state index in [1.807, 2.05) is 0 Å². The highest BCUT2D eigenvalue weighted by Crippen LogP contribution is 2.16. The maximum Gasteiger partial charge on any atom is 0.0186 e. The molecule has 1 aliphatic heterocycles. The van der Waals surface area contributed by atoms with Gasteiger partial charge >= 0.3 is 0 Å². The first-order chi connectivity index (χ1) is 6.20. The van der Waals surface area contributed by atoms with Crippen LogP contribution < -0.4 is 5.32 Å². The molecule has 1 N–H and O–H groups in total. The van der Waals surface area contributed by atoms with Gasteiger partial charge in [0, 0.05) is 24.4 Å². The van der Waals surface area contributed by atoms with Crippen LogP contribution in [-0.2, 0) is 0 Å². The number of likely N-dealkylation sites (N-methyl/N-ethyl adjacent to an activating group) is 1. The summed E-state index contributed by atoms with van der Waals surface area (Å²) in [7, 11) is 4.28. The molecule has 0 aromatic rings. The molecule has 2 unspecified atom stereocenters. The Morgan fingerprint density at radius 2 is 2.31 bits per heavy atom. The molecular formula is C10H22N2S. The molecule has 1 aliphatic rings. The van der Waals surface area contributed by atoms with Gasteiger partial charge in [0.1, 0.15) is 0 Å². The monoisotopic (exact) mass is 202 g/mol. The molecule has 1 saturated heterocycles. The Hall–Kier alpha value is 0.270. The molecular weight excluding hydrogens is 180 g/mol. The molecule has 0 aromatic carbocycles. The largest absolute Gasteiger partial charge is 0.312 e. The normalized spacial score (nSPS) is 26.3. The lowest BCUT2D eigenvalue weighted by molar-refractivity contribution is 0.293. The number of nitrogens with one attached hydrogen (secondary N) is 1. The van der Waals surface area contributed by atoms with Crippen molar-refractivity contribution in [2.75, 3.05) is 32.1 Å². The Balaban J connectivity index is 2.10. The van der Waals surface area contributed by atoms with Crippen molar-refractivity contribution in [3.63, 3.8) is 0 Å². The van der Waals surface area contributed by atoms with Crippen LogP contribution in [0.25, 0.3) is 0 Å². The van der Waals surface area contributed by atoms with Gasteiger partial charge in [-0.15, -0.1) is 0 Å². The van der Waals surface area contributed by atoms with Crippen molar-refractivity contribution < 1.29 is 0 Å². The summed E-state index contributed by atoms with van der Waals surface area (Å²) in [4.78, 5) is 2.27. The molecule has 1 fully saturated rings. The summed E-state index contributed by atoms with van der Waals surface area (Å²) in [6.07, 6.45) is 2.76. The highest BCUT2D eigenvalue weighted by Gasteiger charge is 2.14. The molecule has 3 heteroatoms. The van der Waals surface area contributed by atoms with Gasteiger partial charge in [-0.1, -0.05) is 0 Å². The zero-order chi connectivity index (χ0) is 9.68. The predicted molar refractivity (Wildman–Crippen MR) is 61.5 cm³/mol. The number of thioether (sulfide) groups is 1. The van der Waals surface area contributed by atoms with Gasteiger partial charge in [0.25, 0.3) is 0 Å². The minimum Gasteiger partial charge on any atom is -0.312 e. The third kappa shape index (κ3) is 4.34. The zero-order valence-corrected chi connectivity index (χ0v) is 9.86. The van der Waals surface area contributed by atoms with E-state index in [0.717, 1.165) is 12.6 Å². The average molecular weight is 202 g/mol. The van der Waals surface area contributed by atoms with Gasteiger partial charge in [-0.2, -0.15) is 11.8 Å². The summed E-state index contributed by atoms with van der Waals surface area (Å²) in [5, 5.41) is 3.64. The lowest BCUT2D eigenvalue weighted by Gasteiger charge is -2.26. The van der Waals surface area contributed by atoms with Gasteiger partial charge in [0.15, 0.2) is 0 Å². The lowest BCUT2D eigenvalue weighted by Crippen LogP contribution is -2.42. The van der Waals surface area contributed by atoms with Crippen molar-refractivity contribution in [2.45, 2.75) is 31.8 Å². The second kappa shape index (κ2) is 5.89. The fraction of sp³-hybridized carbons (Fsp3) is 1.00. The molecule has 2 nitrogen and oxygen atoms in total. The van der Waals surface area contributed by atoms with Crippen LogP contribution in [0.5, 0.6) is 0 Å². The second-order valence-electron chi connectivity index (χ2n) is 4.13. The van der Waals surface area contributed by atoms with Crippen LogP contribution >= 0.6 is 11.8 Å². The molecule has 0 aromatic heterocycles. The molecule has 0 spiro atoms. The quantitative estimate of drug-likeness (QED) is 0.742. The summed E-state index contributed by atoms with van der Waals surface area (Å²) in [5.74, 6) is 2.67. The highest BCUT2D eigenvalue weighted by molar-refractivity contribution is 7.99. The van der Waals surface area contributed by atoms with Crippen molar-refractivity contribution in [3.8, 4) is 0 Å². The Morgan fingerprint density at radius 3 is 2.85 bits per heavy atom. The zero-order valence-electron chi connectivity index (χ0n) is 9.05. The maximum absolute atomic E-state index is 3.64. The van der Waals surface area contributed by atoms with E-state index in [4.69, 9.17) is 0 Å². The first-order valence-electron chi connectivity index (χ1n) is 5.17. The molecule has 1 rings (SSSR count). The highest BCUT2D eigenvalue weighted by atomic mass is 32.2. The van der Waals surface area contributed by atoms with Crippen LogP contribution in [0.15, 0.2) is 0 Å². The Kier molecular flexibility index (Phi) is 5.14. The molecule has 13 heavy (non-hydrogen) atoms. The van der Waals surface area contributed by atoms with E-state index in [-0.39, 0.29) is 0 Å². The smallest absolute Gasteiger partial charge is 0.0186 e. The third-order valence-electron chi connectivity index (χ3n) is 2.74. The van der Waals surface area contributed by atoms with Crippen LogP contribution in [0.3, 0.4) is 0 Å². The summed E-state index contributed by atoms with van der Waals surface area (Å²) < 4.78 is 0. The van der Waals surface area contributed by atoms with E-state index in [9.17, 15) is 0 Å². The van der Waals surface area contributed by atoms with E-state index in [1.54, 1.807) is 0 Å². The molecule has 0 bridgehead atoms. The minimum absolute atomic E-state index is 0.645. The Bertz CT molecular complexity index is 133. The fourth-order valence-corrected chi connectivity index (χ4v) is 2.53. The number of hydrogen-bond donors (Lipinski definition) is 1. The van der Waals surface area contributed by atoms with Crippen molar-refractivity contribution in [1.29, 1.82) is 0 Å². The van der Waals surface area contributed by atoms with Gasteiger partial charge < -0.3 is 10.2 Å². The Morgan fingerprint density at radius 1 is 1.54 bits per heavy atom. The third-order valence-corrected chi connectivity index (χ3v) is 3.96. The SMILES string of the molecule is CC(CNC1CCCSC1)N(C)C. The van der Waals surface area contributed by atoms with Gasteiger partial charge in [-0.25, -0.2) is 0 Å². The second-order valence-corrected chi connectivity index (χ2v) is 5.28. The first-order valence-corrected chi connectivity index (χ1v) is 6.33. The molecule has 0 amide bonds. The number of rotatable bonds is 4. The minimum atomic E-state index is 0.645. The maximum atomic E-state index is 3.64. The number of hydrogen-bond acceptors (Lipinski definition) is 3. The molecule has 0 saturated carbocycles. The van der Waals surface area contributed by atoms with Gasteiger partial charge in [-0.05, 0) is 39.6 Å². The van der Waals surface area contributed by atoms with Crippen molar-refractivity contribution in [1.82, 2.24) is 10.2 Å². The molecule has 0 radical (unpaired) electrons. The summed E-state index contributed by atoms with van der Waals surface area (Å²) in [5.41, 5.74) is 0. The van der Waals surface area contributed by atoms with Gasteiger partial charge in [0.2, 0.25) is 0 Å². The van der Waals surface area contributed by atoms with Crippen molar-refractivity contribution in [2.24, 2.45) is 0 Å². The summed E-state index contributed by atoms with van der Waals surface area (Å²) in [6, 6.07) is 1.41. The van der Waals surface area contributed by atoms with Gasteiger partial charge in [0.05, 0.1) is 0 Å².